The second kappa shape index (κ2) is 9.30. The van der Waals surface area contributed by atoms with Gasteiger partial charge in [-0.05, 0) is 37.1 Å². The van der Waals surface area contributed by atoms with E-state index in [1.54, 1.807) is 18.3 Å². The highest BCUT2D eigenvalue weighted by Crippen LogP contribution is 2.24. The lowest BCUT2D eigenvalue weighted by molar-refractivity contribution is 0.256. The quantitative estimate of drug-likeness (QED) is 0.628. The van der Waals surface area contributed by atoms with Gasteiger partial charge in [0.1, 0.15) is 11.6 Å². The van der Waals surface area contributed by atoms with Crippen LogP contribution in [0.1, 0.15) is 30.9 Å². The van der Waals surface area contributed by atoms with Crippen molar-refractivity contribution >= 4 is 29.0 Å². The number of rotatable bonds is 5. The van der Waals surface area contributed by atoms with Gasteiger partial charge in [0.15, 0.2) is 5.82 Å². The molecule has 2 aromatic heterocycles. The number of benzene rings is 1. The molecule has 0 saturated heterocycles. The molecule has 1 N–H and O–H groups in total. The number of urea groups is 1. The zero-order valence-corrected chi connectivity index (χ0v) is 17.8. The van der Waals surface area contributed by atoms with Crippen LogP contribution in [0.3, 0.4) is 0 Å². The summed E-state index contributed by atoms with van der Waals surface area (Å²) in [6.45, 7) is 1.02. The van der Waals surface area contributed by atoms with Gasteiger partial charge in [0.2, 0.25) is 5.88 Å². The highest BCUT2D eigenvalue weighted by atomic mass is 35.5. The van der Waals surface area contributed by atoms with Gasteiger partial charge in [0, 0.05) is 24.7 Å². The molecule has 1 aromatic carbocycles. The second-order valence-corrected chi connectivity index (χ2v) is 7.61. The number of aromatic nitrogens is 4. The number of nitrogens with one attached hydrogen (secondary N) is 1. The molecular weight excluding hydrogens is 423 g/mol. The Hall–Kier alpha value is -3.20. The van der Waals surface area contributed by atoms with Crippen molar-refractivity contribution in [1.82, 2.24) is 19.7 Å². The summed E-state index contributed by atoms with van der Waals surface area (Å²) in [5.74, 6) is 1.51. The maximum atomic E-state index is 13.5. The summed E-state index contributed by atoms with van der Waals surface area (Å²) in [6, 6.07) is 7.00. The van der Waals surface area contributed by atoms with E-state index in [9.17, 15) is 9.18 Å². The fourth-order valence-corrected chi connectivity index (χ4v) is 3.68. The number of fused-ring (bicyclic) bond motifs is 1. The Kier molecular flexibility index (Phi) is 6.31. The molecule has 3 aromatic rings. The molecule has 0 fully saturated rings. The number of pyridine rings is 1. The maximum absolute atomic E-state index is 13.5. The van der Waals surface area contributed by atoms with Crippen molar-refractivity contribution in [1.29, 1.82) is 0 Å². The van der Waals surface area contributed by atoms with Crippen molar-refractivity contribution in [2.75, 3.05) is 17.3 Å². The van der Waals surface area contributed by atoms with Crippen LogP contribution in [-0.2, 0) is 19.5 Å². The molecule has 0 saturated carbocycles. The van der Waals surface area contributed by atoms with Gasteiger partial charge >= 0.3 is 6.03 Å². The molecule has 10 heteroatoms. The van der Waals surface area contributed by atoms with E-state index in [4.69, 9.17) is 16.3 Å². The number of hydrogen-bond acceptors (Lipinski definition) is 5. The predicted molar refractivity (Wildman–Crippen MR) is 115 cm³/mol. The number of amides is 2. The smallest absolute Gasteiger partial charge is 0.326 e. The van der Waals surface area contributed by atoms with Crippen molar-refractivity contribution in [3.05, 3.63) is 59.0 Å². The molecule has 31 heavy (non-hydrogen) atoms. The van der Waals surface area contributed by atoms with Crippen molar-refractivity contribution in [3.8, 4) is 5.88 Å². The van der Waals surface area contributed by atoms with Crippen LogP contribution in [0, 0.1) is 5.82 Å². The van der Waals surface area contributed by atoms with E-state index in [1.807, 2.05) is 0 Å². The minimum Gasteiger partial charge on any atom is -0.481 e. The summed E-state index contributed by atoms with van der Waals surface area (Å²) < 4.78 is 20.7. The molecule has 0 unspecified atom stereocenters. The van der Waals surface area contributed by atoms with Gasteiger partial charge in [0.05, 0.1) is 30.6 Å². The molecule has 162 valence electrons. The van der Waals surface area contributed by atoms with Gasteiger partial charge in [-0.15, -0.1) is 10.2 Å². The minimum atomic E-state index is -0.554. The third-order valence-electron chi connectivity index (χ3n) is 5.14. The molecule has 2 amide bonds. The Morgan fingerprint density at radius 1 is 1.26 bits per heavy atom. The number of anilines is 2. The fourth-order valence-electron chi connectivity index (χ4n) is 3.50. The van der Waals surface area contributed by atoms with Gasteiger partial charge in [-0.25, -0.2) is 14.2 Å². The minimum absolute atomic E-state index is 0.0711. The Balaban J connectivity index is 1.63. The lowest BCUT2D eigenvalue weighted by Gasteiger charge is -2.23. The molecule has 0 atom stereocenters. The van der Waals surface area contributed by atoms with E-state index in [1.165, 1.54) is 30.2 Å². The van der Waals surface area contributed by atoms with E-state index in [0.717, 1.165) is 38.1 Å². The molecule has 0 aliphatic carbocycles. The van der Waals surface area contributed by atoms with Crippen molar-refractivity contribution < 1.29 is 13.9 Å². The number of carbonyl (C=O) groups is 1. The molecule has 8 nitrogen and oxygen atoms in total. The number of hydrogen-bond donors (Lipinski definition) is 1. The highest BCUT2D eigenvalue weighted by molar-refractivity contribution is 6.31. The first-order valence-electron chi connectivity index (χ1n) is 9.99. The zero-order valence-electron chi connectivity index (χ0n) is 17.0. The third kappa shape index (κ3) is 4.77. The molecule has 0 bridgehead atoms. The average molecular weight is 445 g/mol. The van der Waals surface area contributed by atoms with Crippen LogP contribution >= 0.6 is 11.6 Å². The summed E-state index contributed by atoms with van der Waals surface area (Å²) in [4.78, 5) is 18.9. The van der Waals surface area contributed by atoms with E-state index in [0.29, 0.717) is 23.1 Å². The topological polar surface area (TPSA) is 85.2 Å². The Morgan fingerprint density at radius 2 is 2.13 bits per heavy atom. The molecule has 4 rings (SSSR count). The molecular formula is C21H22ClFN6O2. The second-order valence-electron chi connectivity index (χ2n) is 7.20. The maximum Gasteiger partial charge on any atom is 0.326 e. The van der Waals surface area contributed by atoms with Crippen LogP contribution in [0.4, 0.5) is 20.6 Å². The van der Waals surface area contributed by atoms with Gasteiger partial charge in [-0.3, -0.25) is 4.90 Å². The summed E-state index contributed by atoms with van der Waals surface area (Å²) >= 11 is 5.85. The molecule has 1 aliphatic heterocycles. The first-order valence-corrected chi connectivity index (χ1v) is 10.4. The largest absolute Gasteiger partial charge is 0.481 e. The Morgan fingerprint density at radius 3 is 2.87 bits per heavy atom. The summed E-state index contributed by atoms with van der Waals surface area (Å²) in [5.41, 5.74) is 0.931. The number of halogens is 2. The fraction of sp³-hybridized carbons (Fsp3) is 0.333. The molecule has 0 radical (unpaired) electrons. The number of aryl methyl sites for hydroxylation is 1. The van der Waals surface area contributed by atoms with E-state index < -0.39 is 11.8 Å². The first-order chi connectivity index (χ1) is 15.0. The van der Waals surface area contributed by atoms with Crippen molar-refractivity contribution in [2.24, 2.45) is 0 Å². The van der Waals surface area contributed by atoms with Gasteiger partial charge in [-0.1, -0.05) is 18.0 Å². The number of carbonyl (C=O) groups excluding carboxylic acids is 1. The normalized spacial score (nSPS) is 13.3. The Labute approximate surface area is 184 Å². The molecule has 1 aliphatic rings. The molecule has 3 heterocycles. The summed E-state index contributed by atoms with van der Waals surface area (Å²) in [5, 5.41) is 11.3. The Bertz CT molecular complexity index is 1070. The van der Waals surface area contributed by atoms with E-state index in [2.05, 4.69) is 25.1 Å². The van der Waals surface area contributed by atoms with Crippen LogP contribution in [0.2, 0.25) is 5.02 Å². The molecule has 0 spiro atoms. The first kappa shape index (κ1) is 21.0. The van der Waals surface area contributed by atoms with Gasteiger partial charge < -0.3 is 14.6 Å². The van der Waals surface area contributed by atoms with Crippen LogP contribution in [0.25, 0.3) is 0 Å². The van der Waals surface area contributed by atoms with Crippen LogP contribution < -0.4 is 15.0 Å². The van der Waals surface area contributed by atoms with Gasteiger partial charge in [-0.2, -0.15) is 0 Å². The lowest BCUT2D eigenvalue weighted by atomic mass is 10.2. The standard InChI is InChI=1S/C21H22ClFN6O2/c1-31-20-9-7-15(12-24-20)29(21(30)25-14-6-8-17(23)16(22)11-14)13-19-27-26-18-5-3-2-4-10-28(18)19/h6-9,11-12H,2-5,10,13H2,1H3,(H,25,30). The monoisotopic (exact) mass is 444 g/mol. The van der Waals surface area contributed by atoms with Crippen molar-refractivity contribution in [2.45, 2.75) is 38.8 Å². The predicted octanol–water partition coefficient (Wildman–Crippen LogP) is 4.44. The van der Waals surface area contributed by atoms with Crippen molar-refractivity contribution in [3.63, 3.8) is 0 Å². The third-order valence-corrected chi connectivity index (χ3v) is 5.43. The zero-order chi connectivity index (χ0) is 21.8. The SMILES string of the molecule is COc1ccc(N(Cc2nnc3n2CCCCC3)C(=O)Nc2ccc(F)c(Cl)c2)cn1. The number of nitrogens with zero attached hydrogens (tertiary/aromatic N) is 5. The average Bonchev–Trinajstić information content (AvgIpc) is 3.00. The van der Waals surface area contributed by atoms with Crippen LogP contribution in [-0.4, -0.2) is 32.9 Å². The van der Waals surface area contributed by atoms with Gasteiger partial charge in [0.25, 0.3) is 0 Å². The van der Waals surface area contributed by atoms with Crippen LogP contribution in [0.5, 0.6) is 5.88 Å². The summed E-state index contributed by atoms with van der Waals surface area (Å²) in [6.07, 6.45) is 5.69. The summed E-state index contributed by atoms with van der Waals surface area (Å²) in [7, 11) is 1.52. The van der Waals surface area contributed by atoms with E-state index in [-0.39, 0.29) is 11.6 Å². The van der Waals surface area contributed by atoms with Crippen LogP contribution in [0.15, 0.2) is 36.5 Å². The number of ether oxygens (including phenoxy) is 1. The van der Waals surface area contributed by atoms with E-state index >= 15 is 0 Å². The highest BCUT2D eigenvalue weighted by Gasteiger charge is 2.22. The lowest BCUT2D eigenvalue weighted by Crippen LogP contribution is -2.35. The number of methoxy groups -OCH3 is 1.